The number of aliphatic hydroxyl groups is 1. The van der Waals surface area contributed by atoms with Crippen LogP contribution < -0.4 is 5.32 Å². The maximum absolute atomic E-state index is 14.2. The maximum Gasteiger partial charge on any atom is 0.257 e. The summed E-state index contributed by atoms with van der Waals surface area (Å²) < 4.78 is 82.3. The van der Waals surface area contributed by atoms with E-state index in [2.05, 4.69) is 22.3 Å². The zero-order valence-corrected chi connectivity index (χ0v) is 27.6. The van der Waals surface area contributed by atoms with E-state index in [4.69, 9.17) is 9.47 Å². The Hall–Kier alpha value is -4.94. The second kappa shape index (κ2) is 15.9. The predicted molar refractivity (Wildman–Crippen MR) is 180 cm³/mol. The van der Waals surface area contributed by atoms with E-state index in [0.717, 1.165) is 28.8 Å². The molecule has 6 rings (SSSR count). The molecule has 11 heteroatoms. The molecule has 1 aliphatic rings. The number of hydrogen-bond acceptors (Lipinski definition) is 5. The van der Waals surface area contributed by atoms with Crippen LogP contribution in [0.15, 0.2) is 103 Å². The van der Waals surface area contributed by atoms with E-state index in [-0.39, 0.29) is 25.4 Å². The molecule has 0 aromatic heterocycles. The molecule has 1 saturated heterocycles. The minimum absolute atomic E-state index is 0.0579. The van der Waals surface area contributed by atoms with Crippen LogP contribution in [-0.2, 0) is 29.2 Å². The molecule has 5 aromatic rings. The molecular weight excluding hydrogens is 667 g/mol. The maximum atomic E-state index is 14.2. The molecule has 264 valence electrons. The lowest BCUT2D eigenvalue weighted by Crippen LogP contribution is -2.37. The standard InChI is InChI=1S/C40H35F5N2O4/c1-47(21-24-7-3-2-4-8-24)22-30-19-32(27-13-11-25(23-48)12-14-27)51-40(50-30)28-17-15-26(16-18-28)31-10-6-5-9-29(31)20-46-39(49)33-34(41)36(43)38(45)37(44)35(33)42/h2-18,30,32,40,48H,19-23H2,1H3,(H,46,49)/t30-,32+,40+/m0/s1. The van der Waals surface area contributed by atoms with Crippen LogP contribution in [0.5, 0.6) is 0 Å². The first-order valence-electron chi connectivity index (χ1n) is 16.3. The summed E-state index contributed by atoms with van der Waals surface area (Å²) >= 11 is 0. The minimum Gasteiger partial charge on any atom is -0.392 e. The van der Waals surface area contributed by atoms with Gasteiger partial charge < -0.3 is 19.9 Å². The van der Waals surface area contributed by atoms with Crippen LogP contribution in [-0.4, -0.2) is 35.6 Å². The van der Waals surface area contributed by atoms with Gasteiger partial charge >= 0.3 is 0 Å². The lowest BCUT2D eigenvalue weighted by molar-refractivity contribution is -0.252. The average molecular weight is 703 g/mol. The predicted octanol–water partition coefficient (Wildman–Crippen LogP) is 8.15. The van der Waals surface area contributed by atoms with Gasteiger partial charge in [0.2, 0.25) is 5.82 Å². The minimum atomic E-state index is -2.34. The van der Waals surface area contributed by atoms with Gasteiger partial charge in [-0.25, -0.2) is 22.0 Å². The molecule has 0 saturated carbocycles. The number of hydrogen-bond donors (Lipinski definition) is 2. The van der Waals surface area contributed by atoms with Gasteiger partial charge in [0.25, 0.3) is 5.91 Å². The number of carbonyl (C=O) groups is 1. The average Bonchev–Trinajstić information content (AvgIpc) is 3.16. The number of ether oxygens (including phenoxy) is 2. The number of halogens is 5. The molecule has 1 fully saturated rings. The quantitative estimate of drug-likeness (QED) is 0.0827. The van der Waals surface area contributed by atoms with Gasteiger partial charge in [-0.15, -0.1) is 0 Å². The van der Waals surface area contributed by atoms with Crippen LogP contribution in [0, 0.1) is 29.1 Å². The van der Waals surface area contributed by atoms with Crippen molar-refractivity contribution in [3.8, 4) is 11.1 Å². The molecule has 5 aromatic carbocycles. The molecule has 0 unspecified atom stereocenters. The van der Waals surface area contributed by atoms with E-state index in [1.54, 1.807) is 24.3 Å². The second-order valence-electron chi connectivity index (χ2n) is 12.4. The molecule has 1 heterocycles. The topological polar surface area (TPSA) is 71.0 Å². The van der Waals surface area contributed by atoms with E-state index < -0.39 is 46.8 Å². The normalized spacial score (nSPS) is 17.5. The number of nitrogens with one attached hydrogen (secondary N) is 1. The first-order chi connectivity index (χ1) is 24.6. The highest BCUT2D eigenvalue weighted by Crippen LogP contribution is 2.39. The van der Waals surface area contributed by atoms with E-state index in [1.807, 2.05) is 73.8 Å². The first-order valence-corrected chi connectivity index (χ1v) is 16.3. The Morgan fingerprint density at radius 2 is 1.35 bits per heavy atom. The zero-order chi connectivity index (χ0) is 36.1. The molecule has 1 aliphatic heterocycles. The van der Waals surface area contributed by atoms with Gasteiger partial charge in [0.05, 0.1) is 18.8 Å². The van der Waals surface area contributed by atoms with Crippen LogP contribution in [0.25, 0.3) is 11.1 Å². The van der Waals surface area contributed by atoms with Gasteiger partial charge in [-0.05, 0) is 40.4 Å². The van der Waals surface area contributed by atoms with Gasteiger partial charge in [0.15, 0.2) is 29.6 Å². The number of rotatable bonds is 11. The molecule has 6 nitrogen and oxygen atoms in total. The Morgan fingerprint density at radius 1 is 0.745 bits per heavy atom. The molecule has 0 spiro atoms. The van der Waals surface area contributed by atoms with Crippen LogP contribution in [0.2, 0.25) is 0 Å². The van der Waals surface area contributed by atoms with Crippen molar-refractivity contribution in [2.24, 2.45) is 0 Å². The smallest absolute Gasteiger partial charge is 0.257 e. The Morgan fingerprint density at radius 3 is 2.02 bits per heavy atom. The fraction of sp³-hybridized carbons (Fsp3) is 0.225. The third-order valence-corrected chi connectivity index (χ3v) is 8.81. The van der Waals surface area contributed by atoms with Crippen molar-refractivity contribution >= 4 is 5.91 Å². The number of likely N-dealkylation sites (N-methyl/N-ethyl adjacent to an activating group) is 1. The van der Waals surface area contributed by atoms with Crippen molar-refractivity contribution in [2.75, 3.05) is 13.6 Å². The van der Waals surface area contributed by atoms with E-state index >= 15 is 0 Å². The van der Waals surface area contributed by atoms with Crippen molar-refractivity contribution in [1.82, 2.24) is 10.2 Å². The number of benzene rings is 5. The van der Waals surface area contributed by atoms with Crippen molar-refractivity contribution < 1.29 is 41.3 Å². The summed E-state index contributed by atoms with van der Waals surface area (Å²) in [7, 11) is 2.05. The molecule has 2 N–H and O–H groups in total. The van der Waals surface area contributed by atoms with E-state index in [1.165, 1.54) is 5.56 Å². The lowest BCUT2D eigenvalue weighted by atomic mass is 9.97. The Kier molecular flexibility index (Phi) is 11.2. The first kappa shape index (κ1) is 35.9. The number of carbonyl (C=O) groups excluding carboxylic acids is 1. The van der Waals surface area contributed by atoms with Crippen molar-refractivity contribution in [3.63, 3.8) is 0 Å². The number of nitrogens with zero attached hydrogens (tertiary/aromatic N) is 1. The highest BCUT2D eigenvalue weighted by atomic mass is 19.2. The van der Waals surface area contributed by atoms with Gasteiger partial charge in [-0.3, -0.25) is 9.69 Å². The summed E-state index contributed by atoms with van der Waals surface area (Å²) in [6.45, 7) is 1.10. The van der Waals surface area contributed by atoms with Gasteiger partial charge in [0, 0.05) is 31.6 Å². The van der Waals surface area contributed by atoms with Crippen LogP contribution in [0.4, 0.5) is 22.0 Å². The third kappa shape index (κ3) is 8.18. The molecule has 51 heavy (non-hydrogen) atoms. The fourth-order valence-electron chi connectivity index (χ4n) is 6.18. The molecule has 1 amide bonds. The highest BCUT2D eigenvalue weighted by molar-refractivity contribution is 5.95. The van der Waals surface area contributed by atoms with Gasteiger partial charge in [0.1, 0.15) is 5.56 Å². The van der Waals surface area contributed by atoms with Gasteiger partial charge in [-0.1, -0.05) is 103 Å². The Bertz CT molecular complexity index is 1950. The molecule has 0 aliphatic carbocycles. The summed E-state index contributed by atoms with van der Waals surface area (Å²) in [4.78, 5) is 14.8. The van der Waals surface area contributed by atoms with Gasteiger partial charge in [-0.2, -0.15) is 0 Å². The summed E-state index contributed by atoms with van der Waals surface area (Å²) in [6, 6.07) is 32.2. The van der Waals surface area contributed by atoms with Crippen LogP contribution in [0.1, 0.15) is 57.0 Å². The SMILES string of the molecule is CN(Cc1ccccc1)C[C@@H]1C[C@H](c2ccc(CO)cc2)O[C@H](c2ccc(-c3ccccc3CNC(=O)c3c(F)c(F)c(F)c(F)c3F)cc2)O1. The number of aliphatic hydroxyl groups excluding tert-OH is 1. The summed E-state index contributed by atoms with van der Waals surface area (Å²) in [5.74, 6) is -12.6. The molecule has 0 bridgehead atoms. The Balaban J connectivity index is 1.19. The fourth-order valence-corrected chi connectivity index (χ4v) is 6.18. The third-order valence-electron chi connectivity index (χ3n) is 8.81. The van der Waals surface area contributed by atoms with Crippen molar-refractivity contribution in [1.29, 1.82) is 0 Å². The highest BCUT2D eigenvalue weighted by Gasteiger charge is 2.33. The number of amides is 1. The largest absolute Gasteiger partial charge is 0.392 e. The molecule has 0 radical (unpaired) electrons. The summed E-state index contributed by atoms with van der Waals surface area (Å²) in [6.07, 6.45) is -0.507. The summed E-state index contributed by atoms with van der Waals surface area (Å²) in [5.41, 5.74) is 4.13. The second-order valence-corrected chi connectivity index (χ2v) is 12.4. The molecular formula is C40H35F5N2O4. The summed E-state index contributed by atoms with van der Waals surface area (Å²) in [5, 5.41) is 11.8. The molecule has 3 atom stereocenters. The van der Waals surface area contributed by atoms with Crippen LogP contribution >= 0.6 is 0 Å². The van der Waals surface area contributed by atoms with E-state index in [0.29, 0.717) is 24.1 Å². The van der Waals surface area contributed by atoms with Crippen LogP contribution in [0.3, 0.4) is 0 Å². The zero-order valence-electron chi connectivity index (χ0n) is 27.6. The van der Waals surface area contributed by atoms with Crippen molar-refractivity contribution in [3.05, 3.63) is 166 Å². The van der Waals surface area contributed by atoms with Crippen molar-refractivity contribution in [2.45, 2.75) is 44.6 Å². The monoisotopic (exact) mass is 702 g/mol. The van der Waals surface area contributed by atoms with E-state index in [9.17, 15) is 31.9 Å². The lowest BCUT2D eigenvalue weighted by Gasteiger charge is -2.38. The Labute approximate surface area is 292 Å².